The topological polar surface area (TPSA) is 106 Å². The Morgan fingerprint density at radius 3 is 2.70 bits per heavy atom. The summed E-state index contributed by atoms with van der Waals surface area (Å²) in [7, 11) is 1.41. The van der Waals surface area contributed by atoms with Gasteiger partial charge < -0.3 is 14.7 Å². The number of nitro groups is 1. The first-order valence-corrected chi connectivity index (χ1v) is 6.08. The SMILES string of the molecule is CCN(c1nc(OC)ccc1[N+](=O)[O-])C(C)CC(=O)O. The fourth-order valence-corrected chi connectivity index (χ4v) is 1.92. The number of aromatic nitrogens is 1. The molecule has 1 unspecified atom stereocenters. The van der Waals surface area contributed by atoms with Crippen molar-refractivity contribution in [3.05, 3.63) is 22.2 Å². The molecule has 0 saturated carbocycles. The van der Waals surface area contributed by atoms with E-state index < -0.39 is 16.9 Å². The number of hydrogen-bond donors (Lipinski definition) is 1. The van der Waals surface area contributed by atoms with Crippen molar-refractivity contribution in [3.8, 4) is 5.88 Å². The van der Waals surface area contributed by atoms with Gasteiger partial charge >= 0.3 is 11.7 Å². The number of hydrogen-bond acceptors (Lipinski definition) is 6. The minimum absolute atomic E-state index is 0.116. The second-order valence-corrected chi connectivity index (χ2v) is 4.19. The number of aliphatic carboxylic acids is 1. The molecule has 0 aliphatic carbocycles. The number of nitrogens with zero attached hydrogens (tertiary/aromatic N) is 3. The van der Waals surface area contributed by atoms with E-state index in [-0.39, 0.29) is 23.8 Å². The summed E-state index contributed by atoms with van der Waals surface area (Å²) in [4.78, 5) is 27.0. The summed E-state index contributed by atoms with van der Waals surface area (Å²) in [5.74, 6) is -0.612. The Morgan fingerprint density at radius 1 is 1.60 bits per heavy atom. The van der Waals surface area contributed by atoms with Gasteiger partial charge in [-0.05, 0) is 13.8 Å². The number of carboxylic acids is 1. The summed E-state index contributed by atoms with van der Waals surface area (Å²) >= 11 is 0. The molecule has 0 spiro atoms. The van der Waals surface area contributed by atoms with Crippen LogP contribution in [0.4, 0.5) is 11.5 Å². The van der Waals surface area contributed by atoms with Crippen molar-refractivity contribution < 1.29 is 19.6 Å². The molecule has 1 atom stereocenters. The van der Waals surface area contributed by atoms with Crippen LogP contribution in [0.25, 0.3) is 0 Å². The molecule has 8 nitrogen and oxygen atoms in total. The van der Waals surface area contributed by atoms with Crippen LogP contribution in [0.3, 0.4) is 0 Å². The summed E-state index contributed by atoms with van der Waals surface area (Å²) in [6, 6.07) is 2.28. The molecule has 0 aliphatic heterocycles. The quantitative estimate of drug-likeness (QED) is 0.599. The lowest BCUT2D eigenvalue weighted by molar-refractivity contribution is -0.384. The molecular formula is C12H17N3O5. The normalized spacial score (nSPS) is 11.8. The van der Waals surface area contributed by atoms with Gasteiger partial charge in [-0.1, -0.05) is 0 Å². The predicted octanol–water partition coefficient (Wildman–Crippen LogP) is 1.69. The number of methoxy groups -OCH3 is 1. The number of anilines is 1. The van der Waals surface area contributed by atoms with E-state index in [0.717, 1.165) is 0 Å². The summed E-state index contributed by atoms with van der Waals surface area (Å²) in [6.45, 7) is 3.86. The van der Waals surface area contributed by atoms with Gasteiger partial charge in [0.1, 0.15) is 0 Å². The minimum atomic E-state index is -0.971. The highest BCUT2D eigenvalue weighted by Gasteiger charge is 2.25. The van der Waals surface area contributed by atoms with Crippen molar-refractivity contribution in [2.45, 2.75) is 26.3 Å². The number of carbonyl (C=O) groups is 1. The van der Waals surface area contributed by atoms with E-state index >= 15 is 0 Å². The van der Waals surface area contributed by atoms with E-state index in [2.05, 4.69) is 4.98 Å². The fraction of sp³-hybridized carbons (Fsp3) is 0.500. The van der Waals surface area contributed by atoms with Crippen molar-refractivity contribution in [2.24, 2.45) is 0 Å². The minimum Gasteiger partial charge on any atom is -0.481 e. The number of pyridine rings is 1. The summed E-state index contributed by atoms with van der Waals surface area (Å²) in [6.07, 6.45) is -0.135. The molecule has 1 aromatic rings. The molecule has 0 bridgehead atoms. The van der Waals surface area contributed by atoms with Crippen LogP contribution in [-0.2, 0) is 4.79 Å². The maximum atomic E-state index is 11.1. The lowest BCUT2D eigenvalue weighted by Gasteiger charge is -2.27. The molecule has 0 radical (unpaired) electrons. The Kier molecular flexibility index (Phi) is 5.24. The highest BCUT2D eigenvalue weighted by Crippen LogP contribution is 2.30. The van der Waals surface area contributed by atoms with Crippen LogP contribution in [-0.4, -0.2) is 40.7 Å². The van der Waals surface area contributed by atoms with Crippen LogP contribution >= 0.6 is 0 Å². The van der Waals surface area contributed by atoms with E-state index in [1.54, 1.807) is 18.7 Å². The predicted molar refractivity (Wildman–Crippen MR) is 72.2 cm³/mol. The van der Waals surface area contributed by atoms with Gasteiger partial charge in [-0.2, -0.15) is 4.98 Å². The van der Waals surface area contributed by atoms with Crippen molar-refractivity contribution >= 4 is 17.5 Å². The molecule has 110 valence electrons. The average molecular weight is 283 g/mol. The van der Waals surface area contributed by atoms with E-state index in [1.807, 2.05) is 0 Å². The molecule has 0 aliphatic rings. The smallest absolute Gasteiger partial charge is 0.311 e. The zero-order valence-electron chi connectivity index (χ0n) is 11.6. The van der Waals surface area contributed by atoms with Crippen LogP contribution in [0.5, 0.6) is 5.88 Å². The average Bonchev–Trinajstić information content (AvgIpc) is 2.38. The lowest BCUT2D eigenvalue weighted by atomic mass is 10.2. The molecule has 0 aromatic carbocycles. The molecule has 1 N–H and O–H groups in total. The van der Waals surface area contributed by atoms with Crippen LogP contribution in [0, 0.1) is 10.1 Å². The van der Waals surface area contributed by atoms with E-state index in [9.17, 15) is 14.9 Å². The summed E-state index contributed by atoms with van der Waals surface area (Å²) < 4.78 is 4.97. The molecule has 0 saturated heterocycles. The zero-order valence-corrected chi connectivity index (χ0v) is 11.6. The first kappa shape index (κ1) is 15.7. The van der Waals surface area contributed by atoms with Crippen LogP contribution in [0.15, 0.2) is 12.1 Å². The Hall–Kier alpha value is -2.38. The molecule has 1 heterocycles. The maximum absolute atomic E-state index is 11.1. The van der Waals surface area contributed by atoms with Gasteiger partial charge in [0.15, 0.2) is 0 Å². The van der Waals surface area contributed by atoms with Crippen molar-refractivity contribution in [2.75, 3.05) is 18.6 Å². The highest BCUT2D eigenvalue weighted by atomic mass is 16.6. The summed E-state index contributed by atoms with van der Waals surface area (Å²) in [5, 5.41) is 19.9. The molecule has 0 fully saturated rings. The zero-order chi connectivity index (χ0) is 15.3. The molecular weight excluding hydrogens is 266 g/mol. The fourth-order valence-electron chi connectivity index (χ4n) is 1.92. The van der Waals surface area contributed by atoms with Crippen molar-refractivity contribution in [1.82, 2.24) is 4.98 Å². The monoisotopic (exact) mass is 283 g/mol. The Morgan fingerprint density at radius 2 is 2.25 bits per heavy atom. The molecule has 1 aromatic heterocycles. The van der Waals surface area contributed by atoms with Crippen molar-refractivity contribution in [1.29, 1.82) is 0 Å². The third kappa shape index (κ3) is 3.56. The third-order valence-corrected chi connectivity index (χ3v) is 2.85. The number of ether oxygens (including phenoxy) is 1. The van der Waals surface area contributed by atoms with E-state index in [0.29, 0.717) is 6.54 Å². The van der Waals surface area contributed by atoms with Gasteiger partial charge in [0.25, 0.3) is 0 Å². The van der Waals surface area contributed by atoms with Crippen LogP contribution in [0.2, 0.25) is 0 Å². The second-order valence-electron chi connectivity index (χ2n) is 4.19. The van der Waals surface area contributed by atoms with Gasteiger partial charge in [-0.25, -0.2) is 0 Å². The molecule has 0 amide bonds. The molecule has 20 heavy (non-hydrogen) atoms. The van der Waals surface area contributed by atoms with Gasteiger partial charge in [-0.15, -0.1) is 0 Å². The Bertz CT molecular complexity index is 506. The number of rotatable bonds is 7. The standard InChI is InChI=1S/C12H17N3O5/c1-4-14(8(2)7-11(16)17)12-9(15(18)19)5-6-10(13-12)20-3/h5-6,8H,4,7H2,1-3H3,(H,16,17). The number of carboxylic acid groups (broad SMARTS) is 1. The Balaban J connectivity index is 3.24. The van der Waals surface area contributed by atoms with Gasteiger partial charge in [0.05, 0.1) is 18.5 Å². The van der Waals surface area contributed by atoms with Crippen LogP contribution < -0.4 is 9.64 Å². The first-order chi connectivity index (χ1) is 9.40. The molecule has 1 rings (SSSR count). The lowest BCUT2D eigenvalue weighted by Crippen LogP contribution is -2.35. The summed E-state index contributed by atoms with van der Waals surface area (Å²) in [5.41, 5.74) is -0.176. The Labute approximate surface area is 116 Å². The molecule has 8 heteroatoms. The van der Waals surface area contributed by atoms with Gasteiger partial charge in [-0.3, -0.25) is 14.9 Å². The maximum Gasteiger partial charge on any atom is 0.311 e. The van der Waals surface area contributed by atoms with Gasteiger partial charge in [0, 0.05) is 24.7 Å². The largest absolute Gasteiger partial charge is 0.481 e. The first-order valence-electron chi connectivity index (χ1n) is 6.08. The van der Waals surface area contributed by atoms with E-state index in [4.69, 9.17) is 9.84 Å². The van der Waals surface area contributed by atoms with Gasteiger partial charge in [0.2, 0.25) is 11.7 Å². The van der Waals surface area contributed by atoms with Crippen molar-refractivity contribution in [3.63, 3.8) is 0 Å². The highest BCUT2D eigenvalue weighted by molar-refractivity contribution is 5.69. The second kappa shape index (κ2) is 6.69. The third-order valence-electron chi connectivity index (χ3n) is 2.85. The van der Waals surface area contributed by atoms with E-state index in [1.165, 1.54) is 19.2 Å². The van der Waals surface area contributed by atoms with Crippen LogP contribution in [0.1, 0.15) is 20.3 Å².